The summed E-state index contributed by atoms with van der Waals surface area (Å²) in [5, 5.41) is 6.74. The molecule has 7 rings (SSSR count). The van der Waals surface area contributed by atoms with E-state index in [0.29, 0.717) is 0 Å². The molecule has 0 aliphatic rings. The van der Waals surface area contributed by atoms with Crippen LogP contribution in [0.15, 0.2) is 134 Å². The van der Waals surface area contributed by atoms with Crippen molar-refractivity contribution in [3.05, 3.63) is 134 Å². The van der Waals surface area contributed by atoms with Crippen LogP contribution in [0.4, 0.5) is 0 Å². The molecular weight excluding hydrogens is 452 g/mol. The molecule has 0 saturated heterocycles. The second kappa shape index (κ2) is 8.89. The van der Waals surface area contributed by atoms with Gasteiger partial charge in [-0.25, -0.2) is 0 Å². The van der Waals surface area contributed by atoms with Gasteiger partial charge in [-0.15, -0.1) is 0 Å². The Morgan fingerprint density at radius 1 is 0.514 bits per heavy atom. The van der Waals surface area contributed by atoms with Crippen LogP contribution in [0, 0.1) is 0 Å². The normalized spacial score (nSPS) is 11.2. The predicted molar refractivity (Wildman–Crippen MR) is 152 cm³/mol. The molecule has 174 valence electrons. The molecule has 5 aromatic carbocycles. The third-order valence-electron chi connectivity index (χ3n) is 6.87. The summed E-state index contributed by atoms with van der Waals surface area (Å²) in [6.07, 6.45) is 5.60. The maximum atomic E-state index is 6.63. The average molecular weight is 475 g/mol. The van der Waals surface area contributed by atoms with E-state index in [1.165, 1.54) is 21.9 Å². The third-order valence-corrected chi connectivity index (χ3v) is 6.87. The van der Waals surface area contributed by atoms with Crippen molar-refractivity contribution in [2.24, 2.45) is 0 Å². The molecule has 2 aromatic heterocycles. The van der Waals surface area contributed by atoms with E-state index < -0.39 is 0 Å². The summed E-state index contributed by atoms with van der Waals surface area (Å²) in [6.45, 7) is 0. The Morgan fingerprint density at radius 3 is 2.08 bits per heavy atom. The van der Waals surface area contributed by atoms with Crippen molar-refractivity contribution in [2.45, 2.75) is 0 Å². The molecule has 0 bridgehead atoms. The van der Waals surface area contributed by atoms with Crippen LogP contribution in [0.25, 0.3) is 54.7 Å². The lowest BCUT2D eigenvalue weighted by Gasteiger charge is -2.18. The summed E-state index contributed by atoms with van der Waals surface area (Å²) in [5.41, 5.74) is 4.36. The van der Waals surface area contributed by atoms with E-state index in [4.69, 9.17) is 4.74 Å². The maximum Gasteiger partial charge on any atom is 0.143 e. The number of rotatable bonds is 4. The molecule has 0 aliphatic heterocycles. The van der Waals surface area contributed by atoms with Crippen molar-refractivity contribution in [2.75, 3.05) is 0 Å². The van der Waals surface area contributed by atoms with Crippen LogP contribution in [0.3, 0.4) is 0 Å². The Bertz CT molecular complexity index is 1830. The first-order valence-electron chi connectivity index (χ1n) is 12.3. The fourth-order valence-electron chi connectivity index (χ4n) is 5.17. The van der Waals surface area contributed by atoms with Crippen molar-refractivity contribution in [1.82, 2.24) is 9.97 Å². The minimum Gasteiger partial charge on any atom is -0.456 e. The molecule has 0 aliphatic carbocycles. The average Bonchev–Trinajstić information content (AvgIpc) is 2.98. The van der Waals surface area contributed by atoms with Crippen LogP contribution in [0.2, 0.25) is 0 Å². The summed E-state index contributed by atoms with van der Waals surface area (Å²) >= 11 is 0. The predicted octanol–water partition coefficient (Wildman–Crippen LogP) is 9.06. The number of pyridine rings is 2. The zero-order valence-electron chi connectivity index (χ0n) is 20.0. The highest BCUT2D eigenvalue weighted by Gasteiger charge is 2.18. The first-order chi connectivity index (χ1) is 18.4. The van der Waals surface area contributed by atoms with Crippen molar-refractivity contribution in [3.8, 4) is 33.9 Å². The Hall–Kier alpha value is -5.02. The van der Waals surface area contributed by atoms with Crippen molar-refractivity contribution < 1.29 is 4.74 Å². The van der Waals surface area contributed by atoms with E-state index in [9.17, 15) is 0 Å². The van der Waals surface area contributed by atoms with E-state index in [2.05, 4.69) is 76.7 Å². The molecule has 3 nitrogen and oxygen atoms in total. The number of nitrogens with zero attached hydrogens (tertiary/aromatic N) is 2. The van der Waals surface area contributed by atoms with Crippen molar-refractivity contribution in [1.29, 1.82) is 0 Å². The Morgan fingerprint density at radius 2 is 1.24 bits per heavy atom. The summed E-state index contributed by atoms with van der Waals surface area (Å²) < 4.78 is 6.63. The SMILES string of the molecule is c1ccc(-c2ccc(Oc3c4ccccc4c(-c4cccc5ccccc45)c4cnccc34)cc2)nc1. The van der Waals surface area contributed by atoms with Gasteiger partial charge in [0.2, 0.25) is 0 Å². The molecule has 7 aromatic rings. The molecule has 0 saturated carbocycles. The zero-order valence-corrected chi connectivity index (χ0v) is 20.0. The lowest BCUT2D eigenvalue weighted by molar-refractivity contribution is 0.494. The Kier molecular flexibility index (Phi) is 5.11. The van der Waals surface area contributed by atoms with Gasteiger partial charge in [0.15, 0.2) is 0 Å². The maximum absolute atomic E-state index is 6.63. The van der Waals surface area contributed by atoms with Gasteiger partial charge in [0, 0.05) is 40.3 Å². The molecule has 0 amide bonds. The molecular formula is C34H22N2O. The molecule has 37 heavy (non-hydrogen) atoms. The highest BCUT2D eigenvalue weighted by molar-refractivity contribution is 6.19. The van der Waals surface area contributed by atoms with E-state index in [-0.39, 0.29) is 0 Å². The number of aromatic nitrogens is 2. The quantitative estimate of drug-likeness (QED) is 0.239. The number of benzene rings is 5. The second-order valence-electron chi connectivity index (χ2n) is 9.04. The van der Waals surface area contributed by atoms with Crippen molar-refractivity contribution >= 4 is 32.3 Å². The van der Waals surface area contributed by atoms with E-state index in [1.807, 2.05) is 67.1 Å². The Labute approximate surface area is 214 Å². The minimum absolute atomic E-state index is 0.779. The van der Waals surface area contributed by atoms with Crippen LogP contribution in [-0.2, 0) is 0 Å². The lowest BCUT2D eigenvalue weighted by atomic mass is 9.89. The molecule has 2 heterocycles. The van der Waals surface area contributed by atoms with Gasteiger partial charge in [0.05, 0.1) is 5.69 Å². The third kappa shape index (κ3) is 3.69. The highest BCUT2D eigenvalue weighted by atomic mass is 16.5. The van der Waals surface area contributed by atoms with E-state index >= 15 is 0 Å². The lowest BCUT2D eigenvalue weighted by Crippen LogP contribution is -1.93. The minimum atomic E-state index is 0.779. The largest absolute Gasteiger partial charge is 0.456 e. The number of hydrogen-bond donors (Lipinski definition) is 0. The van der Waals surface area contributed by atoms with Crippen LogP contribution >= 0.6 is 0 Å². The number of ether oxygens (including phenoxy) is 1. The fourth-order valence-corrected chi connectivity index (χ4v) is 5.17. The summed E-state index contributed by atoms with van der Waals surface area (Å²) in [7, 11) is 0. The highest BCUT2D eigenvalue weighted by Crippen LogP contribution is 2.45. The Balaban J connectivity index is 1.44. The zero-order chi connectivity index (χ0) is 24.6. The number of fused-ring (bicyclic) bond motifs is 3. The summed E-state index contributed by atoms with van der Waals surface area (Å²) in [6, 6.07) is 39.6. The van der Waals surface area contributed by atoms with Crippen molar-refractivity contribution in [3.63, 3.8) is 0 Å². The van der Waals surface area contributed by atoms with Gasteiger partial charge in [-0.1, -0.05) is 72.8 Å². The van der Waals surface area contributed by atoms with Crippen LogP contribution in [-0.4, -0.2) is 9.97 Å². The van der Waals surface area contributed by atoms with Gasteiger partial charge in [-0.05, 0) is 69.8 Å². The fraction of sp³-hybridized carbons (Fsp3) is 0. The number of hydrogen-bond acceptors (Lipinski definition) is 3. The molecule has 0 atom stereocenters. The molecule has 0 N–H and O–H groups in total. The van der Waals surface area contributed by atoms with E-state index in [0.717, 1.165) is 44.3 Å². The smallest absolute Gasteiger partial charge is 0.143 e. The second-order valence-corrected chi connectivity index (χ2v) is 9.04. The summed E-state index contributed by atoms with van der Waals surface area (Å²) in [4.78, 5) is 8.97. The molecule has 0 spiro atoms. The molecule has 0 fully saturated rings. The van der Waals surface area contributed by atoms with Gasteiger partial charge in [0.1, 0.15) is 11.5 Å². The van der Waals surface area contributed by atoms with Gasteiger partial charge < -0.3 is 4.74 Å². The van der Waals surface area contributed by atoms with Crippen LogP contribution < -0.4 is 4.74 Å². The van der Waals surface area contributed by atoms with Gasteiger partial charge in [-0.2, -0.15) is 0 Å². The first-order valence-corrected chi connectivity index (χ1v) is 12.3. The molecule has 0 unspecified atom stereocenters. The molecule has 0 radical (unpaired) electrons. The standard InChI is InChI=1S/C34H22N2O/c1-2-10-26-23(8-1)9-7-13-27(26)33-28-11-3-4-12-29(28)34(30-19-21-35-22-31(30)33)37-25-17-15-24(16-18-25)32-14-5-6-20-36-32/h1-22H. The van der Waals surface area contributed by atoms with Crippen LogP contribution in [0.1, 0.15) is 0 Å². The topological polar surface area (TPSA) is 35.0 Å². The van der Waals surface area contributed by atoms with Gasteiger partial charge in [-0.3, -0.25) is 9.97 Å². The van der Waals surface area contributed by atoms with Crippen LogP contribution in [0.5, 0.6) is 11.5 Å². The first kappa shape index (κ1) is 21.3. The summed E-state index contributed by atoms with van der Waals surface area (Å²) in [5.74, 6) is 1.61. The van der Waals surface area contributed by atoms with E-state index in [1.54, 1.807) is 0 Å². The monoisotopic (exact) mass is 474 g/mol. The molecule has 3 heteroatoms. The van der Waals surface area contributed by atoms with Gasteiger partial charge >= 0.3 is 0 Å². The van der Waals surface area contributed by atoms with Gasteiger partial charge in [0.25, 0.3) is 0 Å².